The highest BCUT2D eigenvalue weighted by Gasteiger charge is 2.25. The van der Waals surface area contributed by atoms with Gasteiger partial charge in [-0.25, -0.2) is 0 Å². The van der Waals surface area contributed by atoms with Crippen LogP contribution in [0.5, 0.6) is 0 Å². The van der Waals surface area contributed by atoms with Crippen molar-refractivity contribution in [2.75, 3.05) is 24.5 Å². The zero-order valence-electron chi connectivity index (χ0n) is 16.4. The quantitative estimate of drug-likeness (QED) is 0.643. The first-order valence-electron chi connectivity index (χ1n) is 10.3. The lowest BCUT2D eigenvalue weighted by molar-refractivity contribution is 0.378. The molecule has 0 bridgehead atoms. The molecule has 0 saturated carbocycles. The Labute approximate surface area is 184 Å². The van der Waals surface area contributed by atoms with E-state index in [4.69, 9.17) is 27.6 Å². The summed E-state index contributed by atoms with van der Waals surface area (Å²) in [5, 5.41) is 22.1. The van der Waals surface area contributed by atoms with E-state index in [-0.39, 0.29) is 0 Å². The molecule has 4 heterocycles. The smallest absolute Gasteiger partial charge is 0.268 e. The molecular weight excluding hydrogens is 423 g/mol. The summed E-state index contributed by atoms with van der Waals surface area (Å²) >= 11 is 12.6. The van der Waals surface area contributed by atoms with Gasteiger partial charge in [0.1, 0.15) is 0 Å². The lowest BCUT2D eigenvalue weighted by Gasteiger charge is -2.30. The molecule has 2 aliphatic heterocycles. The molecule has 1 saturated heterocycles. The molecule has 2 aliphatic rings. The summed E-state index contributed by atoms with van der Waals surface area (Å²) in [5.41, 5.74) is 3.59. The monoisotopic (exact) mass is 444 g/mol. The topological polar surface area (TPSA) is 80.0 Å². The average molecular weight is 445 g/mol. The van der Waals surface area contributed by atoms with Gasteiger partial charge in [0.05, 0.1) is 11.4 Å². The number of hydrogen-bond donors (Lipinski definition) is 1. The van der Waals surface area contributed by atoms with Crippen LogP contribution in [0.3, 0.4) is 0 Å². The van der Waals surface area contributed by atoms with E-state index >= 15 is 0 Å². The third-order valence-electron chi connectivity index (χ3n) is 5.75. The van der Waals surface area contributed by atoms with Gasteiger partial charge in [-0.15, -0.1) is 15.3 Å². The third-order valence-corrected chi connectivity index (χ3v) is 6.35. The minimum Gasteiger partial charge on any atom is -0.419 e. The molecule has 1 N–H and O–H groups in total. The predicted molar refractivity (Wildman–Crippen MR) is 116 cm³/mol. The maximum atomic E-state index is 6.40. The fourth-order valence-corrected chi connectivity index (χ4v) is 4.50. The van der Waals surface area contributed by atoms with E-state index in [0.29, 0.717) is 40.0 Å². The van der Waals surface area contributed by atoms with Crippen LogP contribution >= 0.6 is 23.2 Å². The van der Waals surface area contributed by atoms with Crippen LogP contribution in [0.1, 0.15) is 42.3 Å². The number of aryl methyl sites for hydroxylation is 1. The van der Waals surface area contributed by atoms with E-state index in [9.17, 15) is 0 Å². The van der Waals surface area contributed by atoms with E-state index in [2.05, 4.69) is 30.6 Å². The molecule has 0 atom stereocenters. The highest BCUT2D eigenvalue weighted by atomic mass is 35.5. The molecule has 1 fully saturated rings. The van der Waals surface area contributed by atoms with Crippen molar-refractivity contribution >= 4 is 28.9 Å². The fourth-order valence-electron chi connectivity index (χ4n) is 4.13. The number of anilines is 1. The Morgan fingerprint density at radius 1 is 1.07 bits per heavy atom. The minimum absolute atomic E-state index is 0.305. The molecule has 1 aromatic carbocycles. The van der Waals surface area contributed by atoms with Crippen molar-refractivity contribution in [1.82, 2.24) is 25.7 Å². The minimum atomic E-state index is 0.305. The van der Waals surface area contributed by atoms with Crippen molar-refractivity contribution in [2.24, 2.45) is 0 Å². The van der Waals surface area contributed by atoms with Gasteiger partial charge in [-0.2, -0.15) is 5.10 Å². The molecule has 30 heavy (non-hydrogen) atoms. The Balaban J connectivity index is 1.42. The molecule has 0 unspecified atom stereocenters. The van der Waals surface area contributed by atoms with E-state index in [1.54, 1.807) is 6.07 Å². The summed E-state index contributed by atoms with van der Waals surface area (Å²) in [7, 11) is 0. The van der Waals surface area contributed by atoms with Gasteiger partial charge in [-0.3, -0.25) is 0 Å². The molecular formula is C21H22Cl2N6O. The first-order chi connectivity index (χ1) is 14.7. The first-order valence-corrected chi connectivity index (χ1v) is 11.0. The number of halogens is 2. The van der Waals surface area contributed by atoms with Crippen LogP contribution in [-0.2, 0) is 13.0 Å². The van der Waals surface area contributed by atoms with Crippen LogP contribution in [0.15, 0.2) is 28.7 Å². The van der Waals surface area contributed by atoms with Crippen LogP contribution in [-0.4, -0.2) is 40.0 Å². The molecule has 5 rings (SSSR count). The number of nitrogens with zero attached hydrogens (tertiary/aromatic N) is 5. The van der Waals surface area contributed by atoms with Gasteiger partial charge in [0.25, 0.3) is 5.89 Å². The average Bonchev–Trinajstić information content (AvgIpc) is 3.27. The van der Waals surface area contributed by atoms with E-state index < -0.39 is 0 Å². The zero-order valence-corrected chi connectivity index (χ0v) is 18.0. The molecule has 7 nitrogen and oxygen atoms in total. The second-order valence-corrected chi connectivity index (χ2v) is 8.64. The molecule has 0 radical (unpaired) electrons. The third kappa shape index (κ3) is 4.02. The van der Waals surface area contributed by atoms with Gasteiger partial charge >= 0.3 is 0 Å². The Kier molecular flexibility index (Phi) is 5.58. The number of aromatic nitrogens is 4. The van der Waals surface area contributed by atoms with E-state index in [1.807, 2.05) is 18.2 Å². The summed E-state index contributed by atoms with van der Waals surface area (Å²) in [6.07, 6.45) is 3.92. The van der Waals surface area contributed by atoms with Crippen molar-refractivity contribution in [3.8, 4) is 11.6 Å². The number of piperidine rings is 1. The maximum Gasteiger partial charge on any atom is 0.268 e. The molecule has 3 aromatic rings. The molecule has 0 spiro atoms. The molecule has 156 valence electrons. The molecule has 9 heteroatoms. The van der Waals surface area contributed by atoms with Crippen LogP contribution in [0.4, 0.5) is 5.69 Å². The van der Waals surface area contributed by atoms with Crippen LogP contribution in [0.2, 0.25) is 10.0 Å². The largest absolute Gasteiger partial charge is 0.419 e. The van der Waals surface area contributed by atoms with Gasteiger partial charge in [0, 0.05) is 29.1 Å². The SMILES string of the molecule is Clc1ccc(Cl)c(CN2CCCc3nnc(-c4nnc(C5CCNCC5)o4)cc32)c1. The fraction of sp³-hybridized carbons (Fsp3) is 0.429. The lowest BCUT2D eigenvalue weighted by Crippen LogP contribution is -2.29. The summed E-state index contributed by atoms with van der Waals surface area (Å²) in [6, 6.07) is 7.55. The van der Waals surface area contributed by atoms with Crippen molar-refractivity contribution < 1.29 is 4.42 Å². The highest BCUT2D eigenvalue weighted by Crippen LogP contribution is 2.32. The Morgan fingerprint density at radius 3 is 2.80 bits per heavy atom. The second-order valence-electron chi connectivity index (χ2n) is 7.79. The number of nitrogens with one attached hydrogen (secondary N) is 1. The van der Waals surface area contributed by atoms with Crippen LogP contribution in [0, 0.1) is 0 Å². The number of benzene rings is 1. The predicted octanol–water partition coefficient (Wildman–Crippen LogP) is 4.25. The normalized spacial score (nSPS) is 17.2. The van der Waals surface area contributed by atoms with Crippen molar-refractivity contribution in [1.29, 1.82) is 0 Å². The lowest BCUT2D eigenvalue weighted by atomic mass is 9.98. The molecule has 2 aromatic heterocycles. The molecule has 0 amide bonds. The van der Waals surface area contributed by atoms with Crippen molar-refractivity contribution in [2.45, 2.75) is 38.1 Å². The molecule has 0 aliphatic carbocycles. The maximum absolute atomic E-state index is 6.40. The number of hydrogen-bond acceptors (Lipinski definition) is 7. The van der Waals surface area contributed by atoms with E-state index in [0.717, 1.165) is 62.3 Å². The van der Waals surface area contributed by atoms with Gasteiger partial charge in [0.15, 0.2) is 5.69 Å². The van der Waals surface area contributed by atoms with Gasteiger partial charge < -0.3 is 14.6 Å². The number of rotatable bonds is 4. The zero-order chi connectivity index (χ0) is 20.5. The second kappa shape index (κ2) is 8.49. The van der Waals surface area contributed by atoms with E-state index in [1.165, 1.54) is 0 Å². The Hall–Kier alpha value is -2.22. The van der Waals surface area contributed by atoms with Crippen molar-refractivity contribution in [3.05, 3.63) is 51.5 Å². The Bertz CT molecular complexity index is 1050. The Morgan fingerprint density at radius 2 is 1.93 bits per heavy atom. The van der Waals surface area contributed by atoms with Gasteiger partial charge in [0.2, 0.25) is 5.89 Å². The summed E-state index contributed by atoms with van der Waals surface area (Å²) in [6.45, 7) is 3.51. The number of fused-ring (bicyclic) bond motifs is 1. The van der Waals surface area contributed by atoms with Crippen molar-refractivity contribution in [3.63, 3.8) is 0 Å². The van der Waals surface area contributed by atoms with Gasteiger partial charge in [-0.05, 0) is 68.6 Å². The van der Waals surface area contributed by atoms with Crippen LogP contribution < -0.4 is 10.2 Å². The van der Waals surface area contributed by atoms with Crippen LogP contribution in [0.25, 0.3) is 11.6 Å². The summed E-state index contributed by atoms with van der Waals surface area (Å²) in [4.78, 5) is 2.26. The highest BCUT2D eigenvalue weighted by molar-refractivity contribution is 6.33. The standard InChI is InChI=1S/C21H22Cl2N6O/c22-15-3-4-16(23)14(10-15)12-29-9-1-2-17-19(29)11-18(26-25-17)21-28-27-20(30-21)13-5-7-24-8-6-13/h3-4,10-11,13,24H,1-2,5-9,12H2. The summed E-state index contributed by atoms with van der Waals surface area (Å²) < 4.78 is 5.98. The summed E-state index contributed by atoms with van der Waals surface area (Å²) in [5.74, 6) is 1.42. The van der Waals surface area contributed by atoms with Gasteiger partial charge in [-0.1, -0.05) is 23.2 Å². The first kappa shape index (κ1) is 19.7.